The van der Waals surface area contributed by atoms with Crippen LogP contribution in [0.3, 0.4) is 0 Å². The predicted molar refractivity (Wildman–Crippen MR) is 117 cm³/mol. The standard InChI is InChI=1S/C21H23N3O5S/c1-4-29-19-11-15(7-10-18(19)27-2)17-13-30-21(26)24(23-17)12-14-5-8-16(9-6-14)22-20(25)28-3/h5-11H,4,12-13H2,1-3H3,(H,22,25). The third-order valence-electron chi connectivity index (χ3n) is 4.30. The molecule has 30 heavy (non-hydrogen) atoms. The van der Waals surface area contributed by atoms with E-state index < -0.39 is 6.09 Å². The number of nitrogens with one attached hydrogen (secondary N) is 1. The van der Waals surface area contributed by atoms with Crippen LogP contribution in [0.2, 0.25) is 0 Å². The van der Waals surface area contributed by atoms with Gasteiger partial charge < -0.3 is 14.2 Å². The van der Waals surface area contributed by atoms with Gasteiger partial charge in [0.15, 0.2) is 11.5 Å². The molecule has 0 radical (unpaired) electrons. The summed E-state index contributed by atoms with van der Waals surface area (Å²) in [6.45, 7) is 2.75. The number of carbonyl (C=O) groups is 2. The average Bonchev–Trinajstić information content (AvgIpc) is 2.76. The maximum atomic E-state index is 12.4. The fourth-order valence-electron chi connectivity index (χ4n) is 2.82. The Balaban J connectivity index is 1.77. The summed E-state index contributed by atoms with van der Waals surface area (Å²) in [4.78, 5) is 23.6. The molecule has 1 aliphatic heterocycles. The summed E-state index contributed by atoms with van der Waals surface area (Å²) in [5, 5.41) is 8.48. The van der Waals surface area contributed by atoms with Gasteiger partial charge in [-0.3, -0.25) is 10.1 Å². The molecule has 3 rings (SSSR count). The molecule has 8 nitrogen and oxygen atoms in total. The average molecular weight is 429 g/mol. The zero-order valence-electron chi connectivity index (χ0n) is 17.0. The summed E-state index contributed by atoms with van der Waals surface area (Å²) in [5.41, 5.74) is 3.15. The molecular weight excluding hydrogens is 406 g/mol. The number of ether oxygens (including phenoxy) is 3. The van der Waals surface area contributed by atoms with Crippen LogP contribution in [0.25, 0.3) is 0 Å². The van der Waals surface area contributed by atoms with Crippen molar-refractivity contribution in [2.45, 2.75) is 13.5 Å². The first-order chi connectivity index (χ1) is 14.5. The van der Waals surface area contributed by atoms with Crippen molar-refractivity contribution < 1.29 is 23.8 Å². The van der Waals surface area contributed by atoms with Crippen LogP contribution in [-0.4, -0.2) is 48.6 Å². The van der Waals surface area contributed by atoms with Crippen LogP contribution in [0.15, 0.2) is 47.6 Å². The van der Waals surface area contributed by atoms with Gasteiger partial charge in [-0.05, 0) is 42.8 Å². The number of hydrazone groups is 1. The van der Waals surface area contributed by atoms with E-state index >= 15 is 0 Å². The molecule has 1 aliphatic rings. The van der Waals surface area contributed by atoms with Gasteiger partial charge in [-0.2, -0.15) is 5.10 Å². The molecule has 0 bridgehead atoms. The zero-order chi connectivity index (χ0) is 21.5. The van der Waals surface area contributed by atoms with Crippen LogP contribution in [0.1, 0.15) is 18.1 Å². The molecular formula is C21H23N3O5S. The Morgan fingerprint density at radius 2 is 1.93 bits per heavy atom. The van der Waals surface area contributed by atoms with Gasteiger partial charge in [0, 0.05) is 17.0 Å². The fraction of sp³-hybridized carbons (Fsp3) is 0.286. The van der Waals surface area contributed by atoms with Gasteiger partial charge in [-0.25, -0.2) is 9.80 Å². The Kier molecular flexibility index (Phi) is 7.18. The lowest BCUT2D eigenvalue weighted by molar-refractivity contribution is 0.187. The fourth-order valence-corrected chi connectivity index (χ4v) is 3.56. The second kappa shape index (κ2) is 10.0. The molecule has 9 heteroatoms. The third-order valence-corrected chi connectivity index (χ3v) is 5.17. The van der Waals surface area contributed by atoms with E-state index in [0.29, 0.717) is 36.1 Å². The lowest BCUT2D eigenvalue weighted by atomic mass is 10.1. The Morgan fingerprint density at radius 1 is 1.17 bits per heavy atom. The van der Waals surface area contributed by atoms with Crippen LogP contribution in [0.4, 0.5) is 15.3 Å². The first-order valence-corrected chi connectivity index (χ1v) is 10.3. The summed E-state index contributed by atoms with van der Waals surface area (Å²) >= 11 is 1.20. The quantitative estimate of drug-likeness (QED) is 0.704. The van der Waals surface area contributed by atoms with Crippen molar-refractivity contribution in [1.82, 2.24) is 5.01 Å². The van der Waals surface area contributed by atoms with Gasteiger partial charge >= 0.3 is 11.3 Å². The number of benzene rings is 2. The molecule has 2 aromatic carbocycles. The minimum Gasteiger partial charge on any atom is -0.493 e. The molecule has 1 N–H and O–H groups in total. The van der Waals surface area contributed by atoms with Gasteiger partial charge in [0.05, 0.1) is 33.1 Å². The van der Waals surface area contributed by atoms with Gasteiger partial charge in [0.25, 0.3) is 0 Å². The van der Waals surface area contributed by atoms with Crippen LogP contribution in [0, 0.1) is 0 Å². The lowest BCUT2D eigenvalue weighted by Crippen LogP contribution is -2.29. The lowest BCUT2D eigenvalue weighted by Gasteiger charge is -2.23. The molecule has 0 aliphatic carbocycles. The summed E-state index contributed by atoms with van der Waals surface area (Å²) in [6, 6.07) is 12.8. The van der Waals surface area contributed by atoms with E-state index in [4.69, 9.17) is 9.47 Å². The number of nitrogens with zero attached hydrogens (tertiary/aromatic N) is 2. The maximum absolute atomic E-state index is 12.4. The topological polar surface area (TPSA) is 89.5 Å². The Bertz CT molecular complexity index is 946. The van der Waals surface area contributed by atoms with E-state index in [0.717, 1.165) is 16.8 Å². The van der Waals surface area contributed by atoms with E-state index in [1.165, 1.54) is 23.9 Å². The first kappa shape index (κ1) is 21.5. The molecule has 0 spiro atoms. The number of hydrogen-bond donors (Lipinski definition) is 1. The highest BCUT2D eigenvalue weighted by atomic mass is 32.2. The molecule has 0 aromatic heterocycles. The van der Waals surface area contributed by atoms with Crippen molar-refractivity contribution in [3.8, 4) is 11.5 Å². The molecule has 0 saturated heterocycles. The molecule has 0 atom stereocenters. The van der Waals surface area contributed by atoms with Crippen molar-refractivity contribution in [3.05, 3.63) is 53.6 Å². The van der Waals surface area contributed by atoms with Gasteiger partial charge in [-0.15, -0.1) is 0 Å². The Morgan fingerprint density at radius 3 is 2.60 bits per heavy atom. The highest BCUT2D eigenvalue weighted by Crippen LogP contribution is 2.30. The first-order valence-electron chi connectivity index (χ1n) is 9.31. The molecule has 0 saturated carbocycles. The second-order valence-electron chi connectivity index (χ2n) is 6.27. The van der Waals surface area contributed by atoms with Crippen molar-refractivity contribution >= 4 is 34.5 Å². The smallest absolute Gasteiger partial charge is 0.411 e. The Hall–Kier alpha value is -3.20. The molecule has 158 valence electrons. The summed E-state index contributed by atoms with van der Waals surface area (Å²) in [5.74, 6) is 1.77. The number of rotatable bonds is 7. The zero-order valence-corrected chi connectivity index (χ0v) is 17.8. The van der Waals surface area contributed by atoms with Crippen LogP contribution in [0.5, 0.6) is 11.5 Å². The molecule has 2 amide bonds. The van der Waals surface area contributed by atoms with Crippen molar-refractivity contribution in [2.24, 2.45) is 5.10 Å². The van der Waals surface area contributed by atoms with Gasteiger partial charge in [0.1, 0.15) is 0 Å². The van der Waals surface area contributed by atoms with Crippen LogP contribution < -0.4 is 14.8 Å². The highest BCUT2D eigenvalue weighted by Gasteiger charge is 2.23. The van der Waals surface area contributed by atoms with Crippen LogP contribution >= 0.6 is 11.8 Å². The van der Waals surface area contributed by atoms with Crippen molar-refractivity contribution in [3.63, 3.8) is 0 Å². The van der Waals surface area contributed by atoms with Crippen molar-refractivity contribution in [1.29, 1.82) is 0 Å². The summed E-state index contributed by atoms with van der Waals surface area (Å²) in [7, 11) is 2.90. The summed E-state index contributed by atoms with van der Waals surface area (Å²) in [6.07, 6.45) is -0.537. The maximum Gasteiger partial charge on any atom is 0.411 e. The number of thioether (sulfide) groups is 1. The predicted octanol–water partition coefficient (Wildman–Crippen LogP) is 4.35. The van der Waals surface area contributed by atoms with E-state index in [9.17, 15) is 9.59 Å². The minimum absolute atomic E-state index is 0.117. The van der Waals surface area contributed by atoms with E-state index in [1.807, 2.05) is 37.3 Å². The molecule has 1 heterocycles. The third kappa shape index (κ3) is 5.24. The number of carbonyl (C=O) groups excluding carboxylic acids is 2. The summed E-state index contributed by atoms with van der Waals surface area (Å²) < 4.78 is 15.5. The Labute approximate surface area is 179 Å². The number of anilines is 1. The van der Waals surface area contributed by atoms with E-state index in [-0.39, 0.29) is 5.24 Å². The van der Waals surface area contributed by atoms with Crippen LogP contribution in [-0.2, 0) is 11.3 Å². The molecule has 0 fully saturated rings. The van der Waals surface area contributed by atoms with Crippen molar-refractivity contribution in [2.75, 3.05) is 31.9 Å². The monoisotopic (exact) mass is 429 g/mol. The highest BCUT2D eigenvalue weighted by molar-refractivity contribution is 8.14. The van der Waals surface area contributed by atoms with Gasteiger partial charge in [-0.1, -0.05) is 23.9 Å². The van der Waals surface area contributed by atoms with E-state index in [2.05, 4.69) is 15.2 Å². The number of amides is 2. The molecule has 0 unspecified atom stereocenters. The second-order valence-corrected chi connectivity index (χ2v) is 7.20. The largest absolute Gasteiger partial charge is 0.493 e. The molecule has 2 aromatic rings. The number of methoxy groups -OCH3 is 2. The normalized spacial score (nSPS) is 13.5. The van der Waals surface area contributed by atoms with Gasteiger partial charge in [0.2, 0.25) is 0 Å². The minimum atomic E-state index is -0.537. The number of hydrogen-bond acceptors (Lipinski definition) is 7. The SMILES string of the molecule is CCOc1cc(C2=NN(Cc3ccc(NC(=O)OC)cc3)C(=O)SC2)ccc1OC. The van der Waals surface area contributed by atoms with E-state index in [1.54, 1.807) is 19.2 Å².